The number of aromatic nitrogens is 2. The fraction of sp³-hybridized carbons (Fsp3) is 0.727. The monoisotopic (exact) mass is 181 g/mol. The van der Waals surface area contributed by atoms with Crippen molar-refractivity contribution in [2.75, 3.05) is 0 Å². The van der Waals surface area contributed by atoms with E-state index in [1.165, 1.54) is 11.4 Å². The molecule has 0 amide bonds. The van der Waals surface area contributed by atoms with Crippen molar-refractivity contribution in [2.24, 2.45) is 7.05 Å². The van der Waals surface area contributed by atoms with Gasteiger partial charge in [-0.1, -0.05) is 13.8 Å². The van der Waals surface area contributed by atoms with E-state index in [1.54, 1.807) is 0 Å². The molecule has 0 aromatic carbocycles. The van der Waals surface area contributed by atoms with Gasteiger partial charge in [0.1, 0.15) is 0 Å². The van der Waals surface area contributed by atoms with Crippen LogP contribution in [-0.2, 0) is 7.05 Å². The molecule has 2 nitrogen and oxygen atoms in total. The molecular weight excluding hydrogens is 160 g/mol. The minimum absolute atomic E-state index is 0.539. The van der Waals surface area contributed by atoms with Crippen molar-refractivity contribution in [3.63, 3.8) is 0 Å². The van der Waals surface area contributed by atoms with E-state index in [4.69, 9.17) is 0 Å². The first-order chi connectivity index (χ1) is 5.95. The van der Waals surface area contributed by atoms with Gasteiger partial charge in [-0.05, 0) is 20.8 Å². The van der Waals surface area contributed by atoms with Crippen molar-refractivity contribution in [1.29, 1.82) is 0 Å². The van der Waals surface area contributed by atoms with E-state index >= 15 is 0 Å². The van der Waals surface area contributed by atoms with Crippen LogP contribution in [0.25, 0.3) is 0 Å². The van der Waals surface area contributed by atoms with Crippen LogP contribution in [0.1, 0.15) is 51.0 Å². The van der Waals surface area contributed by atoms with Crippen LogP contribution in [0.3, 0.4) is 0 Å². The summed E-state index contributed by atoms with van der Waals surface area (Å²) in [6.45, 7) is 11.1. The predicted molar refractivity (Wildman–Crippen MR) is 54.8 cm³/mol. The van der Waals surface area contributed by atoms with E-state index in [0.717, 1.165) is 0 Å². The summed E-state index contributed by atoms with van der Waals surface area (Å²) in [5.41, 5.74) is 2.76. The Labute approximate surface area is 81.2 Å². The first kappa shape index (κ1) is 10.3. The van der Waals surface area contributed by atoms with Crippen LogP contribution in [0.15, 0.2) is 6.07 Å². The lowest BCUT2D eigenvalue weighted by atomic mass is 10.1. The molecule has 0 spiro atoms. The van der Waals surface area contributed by atoms with E-state index in [1.807, 2.05) is 0 Å². The van der Waals surface area contributed by atoms with Gasteiger partial charge in [0.2, 0.25) is 5.69 Å². The smallest absolute Gasteiger partial charge is 0.156 e. The van der Waals surface area contributed by atoms with Gasteiger partial charge in [0, 0.05) is 12.0 Å². The summed E-state index contributed by atoms with van der Waals surface area (Å²) >= 11 is 0. The van der Waals surface area contributed by atoms with E-state index in [-0.39, 0.29) is 0 Å². The second kappa shape index (κ2) is 3.52. The third kappa shape index (κ3) is 1.77. The fourth-order valence-corrected chi connectivity index (χ4v) is 2.03. The molecule has 0 atom stereocenters. The number of hydrogen-bond acceptors (Lipinski definition) is 0. The van der Waals surface area contributed by atoms with Crippen LogP contribution in [-0.4, -0.2) is 4.68 Å². The first-order valence-corrected chi connectivity index (χ1v) is 5.03. The maximum Gasteiger partial charge on any atom is 0.210 e. The van der Waals surface area contributed by atoms with Crippen LogP contribution < -0.4 is 4.68 Å². The van der Waals surface area contributed by atoms with Gasteiger partial charge in [-0.25, -0.2) is 0 Å². The molecule has 0 unspecified atom stereocenters. The van der Waals surface area contributed by atoms with Gasteiger partial charge in [0.05, 0.1) is 11.7 Å². The summed E-state index contributed by atoms with van der Waals surface area (Å²) in [6.07, 6.45) is 0. The van der Waals surface area contributed by atoms with Crippen molar-refractivity contribution in [2.45, 2.75) is 46.6 Å². The zero-order valence-corrected chi connectivity index (χ0v) is 9.63. The molecule has 0 radical (unpaired) electrons. The molecule has 74 valence electrons. The van der Waals surface area contributed by atoms with Crippen molar-refractivity contribution < 1.29 is 4.68 Å². The molecule has 0 fully saturated rings. The highest BCUT2D eigenvalue weighted by molar-refractivity contribution is 5.07. The molecule has 1 aromatic heterocycles. The molecule has 1 heterocycles. The van der Waals surface area contributed by atoms with Gasteiger partial charge in [0.15, 0.2) is 7.05 Å². The van der Waals surface area contributed by atoms with Gasteiger partial charge in [-0.2, -0.15) is 4.68 Å². The topological polar surface area (TPSA) is 8.81 Å². The Morgan fingerprint density at radius 3 is 2.00 bits per heavy atom. The van der Waals surface area contributed by atoms with Gasteiger partial charge in [-0.3, -0.25) is 0 Å². The van der Waals surface area contributed by atoms with Crippen molar-refractivity contribution in [3.8, 4) is 0 Å². The maximum absolute atomic E-state index is 2.33. The van der Waals surface area contributed by atoms with Crippen molar-refractivity contribution >= 4 is 0 Å². The average Bonchev–Trinajstić information content (AvgIpc) is 2.26. The summed E-state index contributed by atoms with van der Waals surface area (Å²) in [7, 11) is 2.14. The summed E-state index contributed by atoms with van der Waals surface area (Å²) in [5.74, 6) is 0.601. The van der Waals surface area contributed by atoms with Crippen LogP contribution in [0, 0.1) is 6.92 Å². The summed E-state index contributed by atoms with van der Waals surface area (Å²) < 4.78 is 4.60. The molecule has 0 aliphatic carbocycles. The summed E-state index contributed by atoms with van der Waals surface area (Å²) in [6, 6.07) is 2.82. The Balaban J connectivity index is 3.22. The van der Waals surface area contributed by atoms with E-state index in [2.05, 4.69) is 57.1 Å². The average molecular weight is 181 g/mol. The Hall–Kier alpha value is -0.790. The van der Waals surface area contributed by atoms with Crippen molar-refractivity contribution in [1.82, 2.24) is 4.68 Å². The SMILES string of the molecule is Cc1cc(C(C)C)[n+](C)n1C(C)C. The second-order valence-corrected chi connectivity index (χ2v) is 4.33. The molecule has 2 heteroatoms. The third-order valence-corrected chi connectivity index (χ3v) is 2.50. The normalized spacial score (nSPS) is 11.7. The molecule has 0 aliphatic rings. The molecule has 0 saturated heterocycles. The largest absolute Gasteiger partial charge is 0.210 e. The standard InChI is InChI=1S/C11H21N2/c1-8(2)11-7-10(5)13(9(3)4)12(11)6/h7-9H,1-6H3/q+1. The molecule has 0 N–H and O–H groups in total. The van der Waals surface area contributed by atoms with Crippen LogP contribution in [0.4, 0.5) is 0 Å². The van der Waals surface area contributed by atoms with Gasteiger partial charge < -0.3 is 0 Å². The first-order valence-electron chi connectivity index (χ1n) is 5.03. The maximum atomic E-state index is 2.33. The third-order valence-electron chi connectivity index (χ3n) is 2.50. The molecule has 1 aromatic rings. The van der Waals surface area contributed by atoms with E-state index in [0.29, 0.717) is 12.0 Å². The lowest BCUT2D eigenvalue weighted by molar-refractivity contribution is -0.763. The molecule has 0 bridgehead atoms. The lowest BCUT2D eigenvalue weighted by Gasteiger charge is -2.07. The quantitative estimate of drug-likeness (QED) is 0.619. The molecule has 1 rings (SSSR count). The summed E-state index contributed by atoms with van der Waals surface area (Å²) in [4.78, 5) is 0. The zero-order valence-electron chi connectivity index (χ0n) is 9.63. The van der Waals surface area contributed by atoms with Crippen LogP contribution >= 0.6 is 0 Å². The molecule has 0 saturated carbocycles. The number of aryl methyl sites for hydroxylation is 1. The lowest BCUT2D eigenvalue weighted by Crippen LogP contribution is -2.43. The predicted octanol–water partition coefficient (Wildman–Crippen LogP) is 2.33. The number of nitrogens with zero attached hydrogens (tertiary/aromatic N) is 2. The second-order valence-electron chi connectivity index (χ2n) is 4.33. The van der Waals surface area contributed by atoms with Crippen LogP contribution in [0.5, 0.6) is 0 Å². The highest BCUT2D eigenvalue weighted by Gasteiger charge is 2.20. The van der Waals surface area contributed by atoms with Gasteiger partial charge in [-0.15, -0.1) is 4.68 Å². The Morgan fingerprint density at radius 1 is 1.23 bits per heavy atom. The van der Waals surface area contributed by atoms with Crippen LogP contribution in [0.2, 0.25) is 0 Å². The number of hydrogen-bond donors (Lipinski definition) is 0. The highest BCUT2D eigenvalue weighted by atomic mass is 15.4. The van der Waals surface area contributed by atoms with E-state index in [9.17, 15) is 0 Å². The number of rotatable bonds is 2. The minimum atomic E-state index is 0.539. The van der Waals surface area contributed by atoms with Gasteiger partial charge >= 0.3 is 0 Å². The fourth-order valence-electron chi connectivity index (χ4n) is 2.03. The Kier molecular flexibility index (Phi) is 2.79. The zero-order chi connectivity index (χ0) is 10.2. The Bertz CT molecular complexity index is 295. The molecule has 13 heavy (non-hydrogen) atoms. The highest BCUT2D eigenvalue weighted by Crippen LogP contribution is 2.14. The Morgan fingerprint density at radius 2 is 1.77 bits per heavy atom. The molecule has 0 aliphatic heterocycles. The van der Waals surface area contributed by atoms with Crippen molar-refractivity contribution in [3.05, 3.63) is 17.5 Å². The van der Waals surface area contributed by atoms with Gasteiger partial charge in [0.25, 0.3) is 0 Å². The molecular formula is C11H21N2+. The summed E-state index contributed by atoms with van der Waals surface area (Å²) in [5, 5.41) is 0. The van der Waals surface area contributed by atoms with E-state index < -0.39 is 0 Å². The minimum Gasteiger partial charge on any atom is -0.156 e.